The highest BCUT2D eigenvalue weighted by molar-refractivity contribution is 7.15. The van der Waals surface area contributed by atoms with Crippen molar-refractivity contribution >= 4 is 22.2 Å². The van der Waals surface area contributed by atoms with E-state index in [4.69, 9.17) is 5.11 Å². The molecule has 98 valence electrons. The molecule has 8 heteroatoms. The topological polar surface area (TPSA) is 66.6 Å². The number of carbonyl (C=O) groups excluding carboxylic acids is 1. The molecule has 18 heavy (non-hydrogen) atoms. The maximum Gasteiger partial charge on any atom is 0.287 e. The molecule has 0 atom stereocenters. The molecule has 0 aliphatic heterocycles. The third-order valence-electron chi connectivity index (χ3n) is 2.26. The van der Waals surface area contributed by atoms with Crippen molar-refractivity contribution in [1.82, 2.24) is 14.7 Å². The molecule has 2 aromatic rings. The van der Waals surface area contributed by atoms with Gasteiger partial charge in [-0.25, -0.2) is 13.8 Å². The predicted octanol–water partition coefficient (Wildman–Crippen LogP) is 0.682. The molecule has 2 N–H and O–H groups in total. The van der Waals surface area contributed by atoms with Crippen LogP contribution < -0.4 is 5.32 Å². The molecule has 0 bridgehead atoms. The van der Waals surface area contributed by atoms with Crippen LogP contribution in [0.3, 0.4) is 0 Å². The number of hydrogen-bond donors (Lipinski definition) is 2. The van der Waals surface area contributed by atoms with E-state index in [0.29, 0.717) is 5.69 Å². The van der Waals surface area contributed by atoms with E-state index >= 15 is 0 Å². The van der Waals surface area contributed by atoms with Gasteiger partial charge in [0.15, 0.2) is 4.96 Å². The number of thiazole rings is 1. The van der Waals surface area contributed by atoms with Crippen LogP contribution in [-0.2, 0) is 11.2 Å². The summed E-state index contributed by atoms with van der Waals surface area (Å²) in [4.78, 5) is 16.3. The minimum absolute atomic E-state index is 0.0596. The fraction of sp³-hybridized carbons (Fsp3) is 0.400. The molecule has 2 aromatic heterocycles. The molecule has 0 spiro atoms. The van der Waals surface area contributed by atoms with E-state index in [2.05, 4.69) is 10.3 Å². The lowest BCUT2D eigenvalue weighted by Gasteiger charge is -2.13. The van der Waals surface area contributed by atoms with E-state index in [9.17, 15) is 13.6 Å². The van der Waals surface area contributed by atoms with Gasteiger partial charge in [0.1, 0.15) is 6.61 Å². The predicted molar refractivity (Wildman–Crippen MR) is 61.8 cm³/mol. The lowest BCUT2D eigenvalue weighted by atomic mass is 10.3. The summed E-state index contributed by atoms with van der Waals surface area (Å²) in [6.45, 7) is -2.15. The maximum atomic E-state index is 12.7. The largest absolute Gasteiger partial charge is 0.390 e. The van der Waals surface area contributed by atoms with Gasteiger partial charge in [0, 0.05) is 17.8 Å². The van der Waals surface area contributed by atoms with Crippen LogP contribution in [-0.4, -0.2) is 39.5 Å². The fourth-order valence-electron chi connectivity index (χ4n) is 1.37. The van der Waals surface area contributed by atoms with Gasteiger partial charge in [0.25, 0.3) is 5.92 Å². The summed E-state index contributed by atoms with van der Waals surface area (Å²) >= 11 is 1.42. The van der Waals surface area contributed by atoms with Crippen LogP contribution in [0.1, 0.15) is 5.69 Å². The lowest BCUT2D eigenvalue weighted by Crippen LogP contribution is -2.39. The molecular formula is C10H11F2N3O2S. The SMILES string of the molecule is O=C(Cc1cn2ccsc2n1)NCC(F)(F)CO. The van der Waals surface area contributed by atoms with Crippen molar-refractivity contribution in [2.45, 2.75) is 12.3 Å². The maximum absolute atomic E-state index is 12.7. The number of carbonyl (C=O) groups is 1. The summed E-state index contributed by atoms with van der Waals surface area (Å²) in [5.74, 6) is -3.83. The summed E-state index contributed by atoms with van der Waals surface area (Å²) in [6, 6.07) is 0. The quantitative estimate of drug-likeness (QED) is 0.843. The number of amides is 1. The molecular weight excluding hydrogens is 264 g/mol. The first-order chi connectivity index (χ1) is 8.50. The third-order valence-corrected chi connectivity index (χ3v) is 3.03. The number of nitrogens with zero attached hydrogens (tertiary/aromatic N) is 2. The van der Waals surface area contributed by atoms with Gasteiger partial charge in [-0.3, -0.25) is 9.20 Å². The molecule has 0 radical (unpaired) electrons. The molecule has 5 nitrogen and oxygen atoms in total. The zero-order valence-electron chi connectivity index (χ0n) is 9.27. The van der Waals surface area contributed by atoms with E-state index in [1.54, 1.807) is 16.8 Å². The number of alkyl halides is 2. The molecule has 0 aliphatic carbocycles. The second-order valence-electron chi connectivity index (χ2n) is 3.79. The molecule has 0 fully saturated rings. The van der Waals surface area contributed by atoms with Gasteiger partial charge in [0.05, 0.1) is 18.7 Å². The van der Waals surface area contributed by atoms with Gasteiger partial charge >= 0.3 is 0 Å². The number of nitrogens with one attached hydrogen (secondary N) is 1. The third kappa shape index (κ3) is 3.02. The number of hydrogen-bond acceptors (Lipinski definition) is 4. The molecule has 2 rings (SSSR count). The van der Waals surface area contributed by atoms with E-state index in [-0.39, 0.29) is 6.42 Å². The van der Waals surface area contributed by atoms with Crippen LogP contribution in [0.2, 0.25) is 0 Å². The molecule has 1 amide bonds. The monoisotopic (exact) mass is 275 g/mol. The van der Waals surface area contributed by atoms with Crippen molar-refractivity contribution in [3.05, 3.63) is 23.5 Å². The number of aliphatic hydroxyl groups is 1. The Kier molecular flexibility index (Phi) is 3.58. The number of imidazole rings is 1. The molecule has 0 saturated carbocycles. The van der Waals surface area contributed by atoms with Gasteiger partial charge in [0.2, 0.25) is 5.91 Å². The van der Waals surface area contributed by atoms with E-state index in [1.807, 2.05) is 5.38 Å². The molecule has 0 aliphatic rings. The van der Waals surface area contributed by atoms with E-state index in [0.717, 1.165) is 4.96 Å². The van der Waals surface area contributed by atoms with Crippen LogP contribution in [0.4, 0.5) is 8.78 Å². The second-order valence-corrected chi connectivity index (χ2v) is 4.67. The van der Waals surface area contributed by atoms with Crippen molar-refractivity contribution in [2.24, 2.45) is 0 Å². The standard InChI is InChI=1S/C10H11F2N3O2S/c11-10(12,6-16)5-13-8(17)3-7-4-15-1-2-18-9(15)14-7/h1-2,4,16H,3,5-6H2,(H,13,17). The van der Waals surface area contributed by atoms with Crippen LogP contribution in [0.15, 0.2) is 17.8 Å². The fourth-order valence-corrected chi connectivity index (χ4v) is 2.09. The van der Waals surface area contributed by atoms with Crippen LogP contribution in [0.25, 0.3) is 4.96 Å². The Labute approximate surface area is 105 Å². The summed E-state index contributed by atoms with van der Waals surface area (Å²) in [6.07, 6.45) is 3.42. The molecule has 0 saturated heterocycles. The van der Waals surface area contributed by atoms with E-state index in [1.165, 1.54) is 11.3 Å². The average molecular weight is 275 g/mol. The Balaban J connectivity index is 1.90. The van der Waals surface area contributed by atoms with Gasteiger partial charge in [-0.2, -0.15) is 0 Å². The molecule has 0 unspecified atom stereocenters. The van der Waals surface area contributed by atoms with Crippen molar-refractivity contribution in [2.75, 3.05) is 13.2 Å². The van der Waals surface area contributed by atoms with Crippen LogP contribution >= 0.6 is 11.3 Å². The first-order valence-electron chi connectivity index (χ1n) is 5.17. The lowest BCUT2D eigenvalue weighted by molar-refractivity contribution is -0.123. The smallest absolute Gasteiger partial charge is 0.287 e. The summed E-state index contributed by atoms with van der Waals surface area (Å²) < 4.78 is 27.1. The Bertz CT molecular complexity index is 524. The molecule has 2 heterocycles. The highest BCUT2D eigenvalue weighted by atomic mass is 32.1. The van der Waals surface area contributed by atoms with E-state index < -0.39 is 25.0 Å². The minimum Gasteiger partial charge on any atom is -0.390 e. The van der Waals surface area contributed by atoms with Gasteiger partial charge in [-0.15, -0.1) is 11.3 Å². The summed E-state index contributed by atoms with van der Waals surface area (Å²) in [5.41, 5.74) is 0.520. The van der Waals surface area contributed by atoms with Crippen molar-refractivity contribution in [3.8, 4) is 0 Å². The Morgan fingerprint density at radius 2 is 2.39 bits per heavy atom. The Hall–Kier alpha value is -1.54. The van der Waals surface area contributed by atoms with Crippen molar-refractivity contribution in [3.63, 3.8) is 0 Å². The van der Waals surface area contributed by atoms with Gasteiger partial charge in [-0.05, 0) is 0 Å². The Morgan fingerprint density at radius 1 is 1.61 bits per heavy atom. The number of aromatic nitrogens is 2. The highest BCUT2D eigenvalue weighted by Crippen LogP contribution is 2.12. The number of halogens is 2. The van der Waals surface area contributed by atoms with Crippen LogP contribution in [0, 0.1) is 0 Å². The zero-order valence-corrected chi connectivity index (χ0v) is 10.1. The first kappa shape index (κ1) is 12.9. The first-order valence-corrected chi connectivity index (χ1v) is 6.04. The zero-order chi connectivity index (χ0) is 13.2. The highest BCUT2D eigenvalue weighted by Gasteiger charge is 2.28. The minimum atomic E-state index is -3.29. The van der Waals surface area contributed by atoms with Gasteiger partial charge < -0.3 is 10.4 Å². The van der Waals surface area contributed by atoms with Crippen molar-refractivity contribution < 1.29 is 18.7 Å². The number of fused-ring (bicyclic) bond motifs is 1. The number of aliphatic hydroxyl groups excluding tert-OH is 1. The molecule has 0 aromatic carbocycles. The average Bonchev–Trinajstić information content (AvgIpc) is 2.87. The summed E-state index contributed by atoms with van der Waals surface area (Å²) in [7, 11) is 0. The second kappa shape index (κ2) is 4.99. The number of rotatable bonds is 5. The summed E-state index contributed by atoms with van der Waals surface area (Å²) in [5, 5.41) is 12.3. The normalized spacial score (nSPS) is 11.9. The van der Waals surface area contributed by atoms with Gasteiger partial charge in [-0.1, -0.05) is 0 Å². The Morgan fingerprint density at radius 3 is 3.06 bits per heavy atom. The van der Waals surface area contributed by atoms with Crippen molar-refractivity contribution in [1.29, 1.82) is 0 Å². The van der Waals surface area contributed by atoms with Crippen LogP contribution in [0.5, 0.6) is 0 Å².